The monoisotopic (exact) mass is 297 g/mol. The number of carbonyl (C=O) groups excluding carboxylic acids is 1. The van der Waals surface area contributed by atoms with E-state index in [1.54, 1.807) is 24.3 Å². The molecule has 2 atom stereocenters. The number of amides is 1. The molecule has 1 N–H and O–H groups in total. The van der Waals surface area contributed by atoms with Crippen LogP contribution in [0.15, 0.2) is 28.7 Å². The van der Waals surface area contributed by atoms with Crippen molar-refractivity contribution in [3.05, 3.63) is 35.0 Å². The van der Waals surface area contributed by atoms with Crippen LogP contribution in [-0.4, -0.2) is 41.3 Å². The first-order chi connectivity index (χ1) is 9.58. The van der Waals surface area contributed by atoms with Crippen molar-refractivity contribution in [1.82, 2.24) is 4.90 Å². The first-order valence-electron chi connectivity index (χ1n) is 6.33. The smallest absolute Gasteiger partial charge is 0.290 e. The van der Waals surface area contributed by atoms with Gasteiger partial charge in [-0.15, -0.1) is 0 Å². The average molecular weight is 298 g/mol. The lowest BCUT2D eigenvalue weighted by Crippen LogP contribution is -2.37. The second kappa shape index (κ2) is 5.07. The molecular formula is C14H13ClFNO3. The summed E-state index contributed by atoms with van der Waals surface area (Å²) in [5.41, 5.74) is 0.550. The van der Waals surface area contributed by atoms with Gasteiger partial charge in [0.25, 0.3) is 5.91 Å². The number of aliphatic hydroxyl groups excluding tert-OH is 1. The lowest BCUT2D eigenvalue weighted by atomic mass is 10.2. The van der Waals surface area contributed by atoms with Crippen LogP contribution < -0.4 is 0 Å². The molecular weight excluding hydrogens is 285 g/mol. The molecule has 1 aliphatic rings. The summed E-state index contributed by atoms with van der Waals surface area (Å²) >= 11 is 5.88. The summed E-state index contributed by atoms with van der Waals surface area (Å²) in [6.45, 7) is -0.264. The van der Waals surface area contributed by atoms with E-state index in [2.05, 4.69) is 0 Å². The van der Waals surface area contributed by atoms with Crippen molar-refractivity contribution in [2.75, 3.05) is 13.2 Å². The van der Waals surface area contributed by atoms with Crippen LogP contribution in [0.25, 0.3) is 11.0 Å². The number of rotatable bonds is 2. The number of nitrogens with zero attached hydrogens (tertiary/aromatic N) is 1. The van der Waals surface area contributed by atoms with E-state index >= 15 is 0 Å². The van der Waals surface area contributed by atoms with Crippen molar-refractivity contribution in [2.24, 2.45) is 0 Å². The van der Waals surface area contributed by atoms with Crippen molar-refractivity contribution in [1.29, 1.82) is 0 Å². The second-order valence-corrected chi connectivity index (χ2v) is 5.36. The van der Waals surface area contributed by atoms with Gasteiger partial charge in [0.05, 0.1) is 19.2 Å². The van der Waals surface area contributed by atoms with Crippen molar-refractivity contribution in [3.63, 3.8) is 0 Å². The lowest BCUT2D eigenvalue weighted by molar-refractivity contribution is 0.0643. The van der Waals surface area contributed by atoms with E-state index in [0.29, 0.717) is 10.6 Å². The van der Waals surface area contributed by atoms with Gasteiger partial charge in [0.15, 0.2) is 5.76 Å². The number of aliphatic hydroxyl groups is 1. The van der Waals surface area contributed by atoms with Crippen LogP contribution in [0.5, 0.6) is 0 Å². The van der Waals surface area contributed by atoms with Crippen LogP contribution in [0.4, 0.5) is 4.39 Å². The zero-order valence-electron chi connectivity index (χ0n) is 10.6. The van der Waals surface area contributed by atoms with Crippen LogP contribution in [0, 0.1) is 0 Å². The summed E-state index contributed by atoms with van der Waals surface area (Å²) in [6, 6.07) is 6.15. The molecule has 0 bridgehead atoms. The molecule has 1 fully saturated rings. The van der Waals surface area contributed by atoms with Crippen LogP contribution >= 0.6 is 11.6 Å². The number of hydrogen-bond donors (Lipinski definition) is 1. The van der Waals surface area contributed by atoms with Crippen LogP contribution in [0.1, 0.15) is 17.0 Å². The summed E-state index contributed by atoms with van der Waals surface area (Å²) in [4.78, 5) is 13.7. The van der Waals surface area contributed by atoms with E-state index in [4.69, 9.17) is 16.0 Å². The summed E-state index contributed by atoms with van der Waals surface area (Å²) in [6.07, 6.45) is -0.941. The molecule has 0 saturated carbocycles. The molecule has 1 aromatic heterocycles. The number of carbonyl (C=O) groups is 1. The maximum absolute atomic E-state index is 13.4. The fourth-order valence-corrected chi connectivity index (χ4v) is 2.72. The minimum Gasteiger partial charge on any atom is -0.451 e. The zero-order valence-corrected chi connectivity index (χ0v) is 11.3. The van der Waals surface area contributed by atoms with Gasteiger partial charge in [-0.25, -0.2) is 4.39 Å². The highest BCUT2D eigenvalue weighted by molar-refractivity contribution is 6.31. The molecule has 6 heteroatoms. The molecule has 0 unspecified atom stereocenters. The van der Waals surface area contributed by atoms with Crippen molar-refractivity contribution >= 4 is 28.5 Å². The second-order valence-electron chi connectivity index (χ2n) is 4.92. The minimum absolute atomic E-state index is 0.0120. The molecule has 1 aliphatic heterocycles. The standard InChI is InChI=1S/C14H13ClFNO3/c15-9-1-2-12-8(3-9)4-13(20-12)14(19)17-6-10(16)5-11(17)7-18/h1-4,10-11,18H,5-7H2/t10-,11-/m0/s1. The lowest BCUT2D eigenvalue weighted by Gasteiger charge is -2.21. The van der Waals surface area contributed by atoms with Gasteiger partial charge in [-0.3, -0.25) is 4.79 Å². The molecule has 20 heavy (non-hydrogen) atoms. The number of halogens is 2. The Bertz CT molecular complexity index is 657. The quantitative estimate of drug-likeness (QED) is 0.927. The van der Waals surface area contributed by atoms with E-state index < -0.39 is 18.1 Å². The Kier molecular flexibility index (Phi) is 3.40. The summed E-state index contributed by atoms with van der Waals surface area (Å²) in [5.74, 6) is -0.272. The zero-order chi connectivity index (χ0) is 14.3. The average Bonchev–Trinajstić information content (AvgIpc) is 3.00. The predicted octanol–water partition coefficient (Wildman–Crippen LogP) is 2.63. The van der Waals surface area contributed by atoms with Gasteiger partial charge in [-0.05, 0) is 24.3 Å². The largest absolute Gasteiger partial charge is 0.451 e. The first kappa shape index (κ1) is 13.4. The van der Waals surface area contributed by atoms with E-state index in [9.17, 15) is 14.3 Å². The molecule has 0 spiro atoms. The highest BCUT2D eigenvalue weighted by Crippen LogP contribution is 2.27. The number of likely N-dealkylation sites (tertiary alicyclic amines) is 1. The fourth-order valence-electron chi connectivity index (χ4n) is 2.54. The Morgan fingerprint density at radius 1 is 1.50 bits per heavy atom. The maximum Gasteiger partial charge on any atom is 0.290 e. The molecule has 3 rings (SSSR count). The molecule has 106 valence electrons. The van der Waals surface area contributed by atoms with Gasteiger partial charge in [0.1, 0.15) is 11.8 Å². The third-order valence-electron chi connectivity index (χ3n) is 3.52. The molecule has 1 aromatic carbocycles. The number of hydrogen-bond acceptors (Lipinski definition) is 3. The third kappa shape index (κ3) is 2.27. The number of benzene rings is 1. The van der Waals surface area contributed by atoms with Crippen molar-refractivity contribution in [2.45, 2.75) is 18.6 Å². The van der Waals surface area contributed by atoms with Crippen LogP contribution in [-0.2, 0) is 0 Å². The third-order valence-corrected chi connectivity index (χ3v) is 3.76. The Morgan fingerprint density at radius 2 is 2.30 bits per heavy atom. The van der Waals surface area contributed by atoms with Crippen LogP contribution in [0.2, 0.25) is 5.02 Å². The Hall–Kier alpha value is -1.59. The van der Waals surface area contributed by atoms with E-state index in [0.717, 1.165) is 5.39 Å². The topological polar surface area (TPSA) is 53.7 Å². The van der Waals surface area contributed by atoms with Gasteiger partial charge >= 0.3 is 0 Å². The van der Waals surface area contributed by atoms with Gasteiger partial charge in [-0.1, -0.05) is 11.6 Å². The van der Waals surface area contributed by atoms with E-state index in [1.165, 1.54) is 4.90 Å². The Balaban J connectivity index is 1.92. The summed E-state index contributed by atoms with van der Waals surface area (Å²) in [5, 5.41) is 10.5. The first-order valence-corrected chi connectivity index (χ1v) is 6.71. The summed E-state index contributed by atoms with van der Waals surface area (Å²) in [7, 11) is 0. The van der Waals surface area contributed by atoms with Gasteiger partial charge < -0.3 is 14.4 Å². The highest BCUT2D eigenvalue weighted by atomic mass is 35.5. The normalized spacial score (nSPS) is 22.6. The minimum atomic E-state index is -1.10. The Morgan fingerprint density at radius 3 is 3.05 bits per heavy atom. The number of fused-ring (bicyclic) bond motifs is 1. The van der Waals surface area contributed by atoms with Crippen LogP contribution in [0.3, 0.4) is 0 Å². The van der Waals surface area contributed by atoms with Gasteiger partial charge in [0, 0.05) is 16.8 Å². The number of alkyl halides is 1. The summed E-state index contributed by atoms with van der Waals surface area (Å²) < 4.78 is 18.9. The molecule has 2 heterocycles. The Labute approximate surface area is 119 Å². The van der Waals surface area contributed by atoms with Gasteiger partial charge in [-0.2, -0.15) is 0 Å². The molecule has 1 saturated heterocycles. The van der Waals surface area contributed by atoms with E-state index in [1.807, 2.05) is 0 Å². The predicted molar refractivity (Wildman–Crippen MR) is 72.6 cm³/mol. The molecule has 2 aromatic rings. The van der Waals surface area contributed by atoms with E-state index in [-0.39, 0.29) is 25.3 Å². The maximum atomic E-state index is 13.4. The molecule has 4 nitrogen and oxygen atoms in total. The molecule has 0 radical (unpaired) electrons. The fraction of sp³-hybridized carbons (Fsp3) is 0.357. The van der Waals surface area contributed by atoms with Crippen molar-refractivity contribution in [3.8, 4) is 0 Å². The SMILES string of the molecule is O=C(c1cc2cc(Cl)ccc2o1)N1C[C@@H](F)C[C@H]1CO. The van der Waals surface area contributed by atoms with Crippen molar-refractivity contribution < 1.29 is 18.7 Å². The highest BCUT2D eigenvalue weighted by Gasteiger charge is 2.36. The molecule has 1 amide bonds. The molecule has 0 aliphatic carbocycles. The number of furan rings is 1. The van der Waals surface area contributed by atoms with Gasteiger partial charge in [0.2, 0.25) is 0 Å².